The van der Waals surface area contributed by atoms with E-state index in [1.165, 1.54) is 18.3 Å². The van der Waals surface area contributed by atoms with E-state index < -0.39 is 22.5 Å². The maximum absolute atomic E-state index is 13.7. The minimum atomic E-state index is -4.10. The fraction of sp³-hybridized carbons (Fsp3) is 0.161. The van der Waals surface area contributed by atoms with Crippen LogP contribution in [0, 0.1) is 6.92 Å². The molecule has 0 saturated carbocycles. The van der Waals surface area contributed by atoms with Crippen molar-refractivity contribution < 1.29 is 22.7 Å². The topological polar surface area (TPSA) is 97.3 Å². The normalized spacial score (nSPS) is 11.3. The summed E-state index contributed by atoms with van der Waals surface area (Å²) in [6.45, 7) is 3.89. The van der Waals surface area contributed by atoms with E-state index in [-0.39, 0.29) is 10.6 Å². The van der Waals surface area contributed by atoms with E-state index in [2.05, 4.69) is 10.5 Å². The van der Waals surface area contributed by atoms with Gasteiger partial charge in [0.05, 0.1) is 23.4 Å². The minimum Gasteiger partial charge on any atom is -0.492 e. The van der Waals surface area contributed by atoms with Crippen molar-refractivity contribution in [1.29, 1.82) is 0 Å². The molecule has 8 nitrogen and oxygen atoms in total. The van der Waals surface area contributed by atoms with Gasteiger partial charge in [-0.3, -0.25) is 9.10 Å². The number of rotatable bonds is 12. The lowest BCUT2D eigenvalue weighted by atomic mass is 10.2. The van der Waals surface area contributed by atoms with E-state index in [4.69, 9.17) is 21.1 Å². The van der Waals surface area contributed by atoms with Gasteiger partial charge in [-0.25, -0.2) is 13.8 Å². The van der Waals surface area contributed by atoms with E-state index in [0.29, 0.717) is 29.7 Å². The van der Waals surface area contributed by atoms with Crippen LogP contribution in [-0.4, -0.2) is 33.7 Å². The van der Waals surface area contributed by atoms with E-state index in [9.17, 15) is 13.2 Å². The molecule has 0 spiro atoms. The number of ether oxygens (including phenoxy) is 2. The highest BCUT2D eigenvalue weighted by molar-refractivity contribution is 7.92. The Bertz CT molecular complexity index is 1590. The highest BCUT2D eigenvalue weighted by atomic mass is 35.5. The third-order valence-electron chi connectivity index (χ3n) is 5.93. The standard InChI is InChI=1S/C31H30ClN3O5S/c1-3-39-30-7-5-4-6-29(30)35(41(37,38)28-18-8-23(2)9-19-28)21-31(36)34-33-20-24-12-16-27(17-13-24)40-22-25-10-14-26(32)15-11-25/h4-20H,3,21-22H2,1-2H3,(H,34,36)/b33-20-. The molecule has 0 saturated heterocycles. The van der Waals surface area contributed by atoms with Gasteiger partial charge in [0, 0.05) is 5.02 Å². The number of hydrogen-bond donors (Lipinski definition) is 1. The summed E-state index contributed by atoms with van der Waals surface area (Å²) in [5.74, 6) is 0.401. The first-order valence-electron chi connectivity index (χ1n) is 12.9. The first-order valence-corrected chi connectivity index (χ1v) is 14.7. The molecule has 212 valence electrons. The zero-order chi connectivity index (χ0) is 29.2. The van der Waals surface area contributed by atoms with Crippen molar-refractivity contribution >= 4 is 39.4 Å². The number of halogens is 1. The molecule has 4 aromatic carbocycles. The van der Waals surface area contributed by atoms with Crippen LogP contribution >= 0.6 is 11.6 Å². The molecule has 4 aromatic rings. The van der Waals surface area contributed by atoms with Crippen molar-refractivity contribution in [3.63, 3.8) is 0 Å². The first kappa shape index (κ1) is 29.6. The number of nitrogens with one attached hydrogen (secondary N) is 1. The van der Waals surface area contributed by atoms with Crippen LogP contribution in [0.1, 0.15) is 23.6 Å². The third kappa shape index (κ3) is 8.09. The molecule has 0 aliphatic rings. The number of hydrogen-bond acceptors (Lipinski definition) is 6. The van der Waals surface area contributed by atoms with Crippen LogP contribution in [0.5, 0.6) is 11.5 Å². The zero-order valence-corrected chi connectivity index (χ0v) is 24.2. The molecule has 41 heavy (non-hydrogen) atoms. The number of carbonyl (C=O) groups is 1. The lowest BCUT2D eigenvalue weighted by molar-refractivity contribution is -0.119. The number of amides is 1. The molecule has 0 radical (unpaired) electrons. The fourth-order valence-corrected chi connectivity index (χ4v) is 5.38. The second-order valence-corrected chi connectivity index (χ2v) is 11.3. The van der Waals surface area contributed by atoms with Gasteiger partial charge in [0.2, 0.25) is 0 Å². The summed E-state index contributed by atoms with van der Waals surface area (Å²) in [5, 5.41) is 4.68. The Morgan fingerprint density at radius 3 is 2.29 bits per heavy atom. The summed E-state index contributed by atoms with van der Waals surface area (Å²) < 4.78 is 39.8. The Balaban J connectivity index is 1.44. The quantitative estimate of drug-likeness (QED) is 0.162. The van der Waals surface area contributed by atoms with Gasteiger partial charge in [0.1, 0.15) is 24.7 Å². The molecule has 0 aromatic heterocycles. The summed E-state index contributed by atoms with van der Waals surface area (Å²) >= 11 is 5.91. The van der Waals surface area contributed by atoms with Crippen LogP contribution in [0.4, 0.5) is 5.69 Å². The Labute approximate surface area is 245 Å². The number of hydrazone groups is 1. The molecule has 0 unspecified atom stereocenters. The average Bonchev–Trinajstić information content (AvgIpc) is 2.97. The molecule has 0 aliphatic heterocycles. The number of carbonyl (C=O) groups excluding carboxylic acids is 1. The molecular formula is C31H30ClN3O5S. The molecule has 0 atom stereocenters. The largest absolute Gasteiger partial charge is 0.492 e. The van der Waals surface area contributed by atoms with Gasteiger partial charge in [-0.05, 0) is 85.6 Å². The fourth-order valence-electron chi connectivity index (χ4n) is 3.82. The number of para-hydroxylation sites is 2. The maximum Gasteiger partial charge on any atom is 0.264 e. The van der Waals surface area contributed by atoms with Crippen LogP contribution in [0.3, 0.4) is 0 Å². The van der Waals surface area contributed by atoms with Crippen molar-refractivity contribution in [2.75, 3.05) is 17.5 Å². The summed E-state index contributed by atoms with van der Waals surface area (Å²) in [4.78, 5) is 13.0. The minimum absolute atomic E-state index is 0.0593. The summed E-state index contributed by atoms with van der Waals surface area (Å²) in [6, 6.07) is 27.7. The molecular weight excluding hydrogens is 562 g/mol. The molecule has 0 heterocycles. The maximum atomic E-state index is 13.7. The number of nitrogens with zero attached hydrogens (tertiary/aromatic N) is 2. The number of aryl methyl sites for hydroxylation is 1. The Kier molecular flexibility index (Phi) is 10.00. The number of sulfonamides is 1. The predicted molar refractivity (Wildman–Crippen MR) is 161 cm³/mol. The Morgan fingerprint density at radius 2 is 1.61 bits per heavy atom. The Hall–Kier alpha value is -4.34. The SMILES string of the molecule is CCOc1ccccc1N(CC(=O)N/N=C\c1ccc(OCc2ccc(Cl)cc2)cc1)S(=O)(=O)c1ccc(C)cc1. The van der Waals surface area contributed by atoms with Crippen molar-refractivity contribution in [3.05, 3.63) is 119 Å². The lowest BCUT2D eigenvalue weighted by Crippen LogP contribution is -2.39. The summed E-state index contributed by atoms with van der Waals surface area (Å²) in [6.07, 6.45) is 1.47. The second-order valence-electron chi connectivity index (χ2n) is 9.00. The molecule has 10 heteroatoms. The smallest absolute Gasteiger partial charge is 0.264 e. The van der Waals surface area contributed by atoms with E-state index in [1.54, 1.807) is 67.6 Å². The molecule has 1 N–H and O–H groups in total. The van der Waals surface area contributed by atoms with Crippen molar-refractivity contribution in [2.24, 2.45) is 5.10 Å². The predicted octanol–water partition coefficient (Wildman–Crippen LogP) is 5.97. The summed E-state index contributed by atoms with van der Waals surface area (Å²) in [5.41, 5.74) is 5.30. The van der Waals surface area contributed by atoms with Crippen LogP contribution in [0.15, 0.2) is 107 Å². The summed E-state index contributed by atoms with van der Waals surface area (Å²) in [7, 11) is -4.10. The van der Waals surface area contributed by atoms with Crippen LogP contribution < -0.4 is 19.2 Å². The molecule has 1 amide bonds. The highest BCUT2D eigenvalue weighted by Crippen LogP contribution is 2.32. The van der Waals surface area contributed by atoms with Gasteiger partial charge in [0.25, 0.3) is 15.9 Å². The van der Waals surface area contributed by atoms with Gasteiger partial charge < -0.3 is 9.47 Å². The second kappa shape index (κ2) is 13.8. The van der Waals surface area contributed by atoms with Crippen LogP contribution in [0.2, 0.25) is 5.02 Å². The number of benzene rings is 4. The van der Waals surface area contributed by atoms with Gasteiger partial charge in [-0.1, -0.05) is 53.6 Å². The van der Waals surface area contributed by atoms with E-state index in [1.807, 2.05) is 31.2 Å². The van der Waals surface area contributed by atoms with Gasteiger partial charge in [-0.15, -0.1) is 0 Å². The van der Waals surface area contributed by atoms with E-state index in [0.717, 1.165) is 21.0 Å². The monoisotopic (exact) mass is 591 g/mol. The molecule has 0 fully saturated rings. The van der Waals surface area contributed by atoms with Crippen molar-refractivity contribution in [3.8, 4) is 11.5 Å². The van der Waals surface area contributed by atoms with Crippen molar-refractivity contribution in [1.82, 2.24) is 5.43 Å². The third-order valence-corrected chi connectivity index (χ3v) is 7.96. The zero-order valence-electron chi connectivity index (χ0n) is 22.7. The molecule has 0 bridgehead atoms. The van der Waals surface area contributed by atoms with Gasteiger partial charge in [0.15, 0.2) is 0 Å². The lowest BCUT2D eigenvalue weighted by Gasteiger charge is -2.25. The first-order chi connectivity index (χ1) is 19.8. The molecule has 4 rings (SSSR count). The van der Waals surface area contributed by atoms with Crippen LogP contribution in [0.25, 0.3) is 0 Å². The number of anilines is 1. The molecule has 0 aliphatic carbocycles. The average molecular weight is 592 g/mol. The van der Waals surface area contributed by atoms with E-state index >= 15 is 0 Å². The van der Waals surface area contributed by atoms with Gasteiger partial charge in [-0.2, -0.15) is 5.10 Å². The van der Waals surface area contributed by atoms with Gasteiger partial charge >= 0.3 is 0 Å². The van der Waals surface area contributed by atoms with Crippen molar-refractivity contribution in [2.45, 2.75) is 25.3 Å². The van der Waals surface area contributed by atoms with Crippen LogP contribution in [-0.2, 0) is 21.4 Å². The highest BCUT2D eigenvalue weighted by Gasteiger charge is 2.29. The Morgan fingerprint density at radius 1 is 0.927 bits per heavy atom.